The molecule has 14 heavy (non-hydrogen) atoms. The van der Waals surface area contributed by atoms with Crippen molar-refractivity contribution in [1.82, 2.24) is 10.3 Å². The number of methoxy groups -OCH3 is 1. The van der Waals surface area contributed by atoms with E-state index in [4.69, 9.17) is 0 Å². The number of carbonyl (C=O) groups is 1. The molecule has 0 fully saturated rings. The second kappa shape index (κ2) is 5.34. The molecular formula is C10H14N2O2. The monoisotopic (exact) mass is 194 g/mol. The molecule has 1 aromatic rings. The van der Waals surface area contributed by atoms with Crippen LogP contribution in [0.15, 0.2) is 24.5 Å². The van der Waals surface area contributed by atoms with Crippen molar-refractivity contribution in [2.45, 2.75) is 13.0 Å². The average molecular weight is 194 g/mol. The van der Waals surface area contributed by atoms with Crippen molar-refractivity contribution in [3.8, 4) is 0 Å². The molecule has 0 bridgehead atoms. The molecule has 0 aliphatic rings. The fourth-order valence-corrected chi connectivity index (χ4v) is 1.06. The standard InChI is InChI=1S/C10H14N2O2/c1-8(12-7-10(13)14-2)9-4-3-5-11-6-9/h3-6,8,12H,7H2,1-2H3. The van der Waals surface area contributed by atoms with Gasteiger partial charge in [0.1, 0.15) is 0 Å². The number of pyridine rings is 1. The van der Waals surface area contributed by atoms with Crippen molar-refractivity contribution in [1.29, 1.82) is 0 Å². The van der Waals surface area contributed by atoms with E-state index in [1.165, 1.54) is 7.11 Å². The van der Waals surface area contributed by atoms with E-state index in [0.29, 0.717) is 0 Å². The van der Waals surface area contributed by atoms with Crippen LogP contribution >= 0.6 is 0 Å². The van der Waals surface area contributed by atoms with Crippen molar-refractivity contribution >= 4 is 5.97 Å². The summed E-state index contributed by atoms with van der Waals surface area (Å²) in [4.78, 5) is 14.8. The van der Waals surface area contributed by atoms with Gasteiger partial charge in [-0.15, -0.1) is 0 Å². The Morgan fingerprint density at radius 1 is 1.71 bits per heavy atom. The van der Waals surface area contributed by atoms with Crippen LogP contribution in [0, 0.1) is 0 Å². The maximum Gasteiger partial charge on any atom is 0.319 e. The van der Waals surface area contributed by atoms with Crippen LogP contribution in [0.25, 0.3) is 0 Å². The largest absolute Gasteiger partial charge is 0.468 e. The molecule has 0 amide bonds. The lowest BCUT2D eigenvalue weighted by atomic mass is 10.1. The molecule has 0 saturated heterocycles. The molecule has 4 nitrogen and oxygen atoms in total. The van der Waals surface area contributed by atoms with E-state index in [2.05, 4.69) is 15.0 Å². The van der Waals surface area contributed by atoms with Crippen molar-refractivity contribution in [3.63, 3.8) is 0 Å². The van der Waals surface area contributed by atoms with Gasteiger partial charge in [0.15, 0.2) is 0 Å². The van der Waals surface area contributed by atoms with Crippen molar-refractivity contribution in [2.24, 2.45) is 0 Å². The lowest BCUT2D eigenvalue weighted by molar-refractivity contribution is -0.139. The first kappa shape index (κ1) is 10.7. The van der Waals surface area contributed by atoms with Gasteiger partial charge >= 0.3 is 5.97 Å². The maximum absolute atomic E-state index is 10.8. The Kier molecular flexibility index (Phi) is 4.07. The first-order chi connectivity index (χ1) is 6.74. The third kappa shape index (κ3) is 3.14. The number of hydrogen-bond acceptors (Lipinski definition) is 4. The number of nitrogens with zero attached hydrogens (tertiary/aromatic N) is 1. The van der Waals surface area contributed by atoms with Crippen LogP contribution in [0.4, 0.5) is 0 Å². The molecule has 1 N–H and O–H groups in total. The molecular weight excluding hydrogens is 180 g/mol. The van der Waals surface area contributed by atoms with Crippen LogP contribution in [-0.4, -0.2) is 24.6 Å². The fraction of sp³-hybridized carbons (Fsp3) is 0.400. The normalized spacial score (nSPS) is 12.1. The zero-order valence-electron chi connectivity index (χ0n) is 8.36. The second-order valence-electron chi connectivity index (χ2n) is 2.97. The van der Waals surface area contributed by atoms with Crippen LogP contribution < -0.4 is 5.32 Å². The number of esters is 1. The number of nitrogens with one attached hydrogen (secondary N) is 1. The highest BCUT2D eigenvalue weighted by Crippen LogP contribution is 2.08. The number of ether oxygens (including phenoxy) is 1. The maximum atomic E-state index is 10.8. The molecule has 0 aliphatic heterocycles. The number of rotatable bonds is 4. The lowest BCUT2D eigenvalue weighted by Gasteiger charge is -2.12. The second-order valence-corrected chi connectivity index (χ2v) is 2.97. The van der Waals surface area contributed by atoms with Crippen LogP contribution in [0.5, 0.6) is 0 Å². The summed E-state index contributed by atoms with van der Waals surface area (Å²) < 4.78 is 4.52. The average Bonchev–Trinajstić information content (AvgIpc) is 2.26. The summed E-state index contributed by atoms with van der Waals surface area (Å²) in [5.41, 5.74) is 1.05. The van der Waals surface area contributed by atoms with E-state index in [9.17, 15) is 4.79 Å². The van der Waals surface area contributed by atoms with Gasteiger partial charge in [0.25, 0.3) is 0 Å². The third-order valence-electron chi connectivity index (χ3n) is 1.96. The third-order valence-corrected chi connectivity index (χ3v) is 1.96. The van der Waals surface area contributed by atoms with E-state index in [0.717, 1.165) is 5.56 Å². The Bertz CT molecular complexity index is 287. The molecule has 1 aromatic heterocycles. The molecule has 0 spiro atoms. The summed E-state index contributed by atoms with van der Waals surface area (Å²) in [6, 6.07) is 3.93. The van der Waals surface area contributed by atoms with Crippen molar-refractivity contribution < 1.29 is 9.53 Å². The summed E-state index contributed by atoms with van der Waals surface area (Å²) in [5.74, 6) is -0.263. The van der Waals surface area contributed by atoms with Gasteiger partial charge < -0.3 is 10.1 Å². The highest BCUT2D eigenvalue weighted by atomic mass is 16.5. The van der Waals surface area contributed by atoms with Gasteiger partial charge in [0.05, 0.1) is 13.7 Å². The Labute approximate surface area is 83.3 Å². The topological polar surface area (TPSA) is 51.2 Å². The smallest absolute Gasteiger partial charge is 0.319 e. The summed E-state index contributed by atoms with van der Waals surface area (Å²) in [6.45, 7) is 2.19. The van der Waals surface area contributed by atoms with Crippen LogP contribution in [0.1, 0.15) is 18.5 Å². The fourth-order valence-electron chi connectivity index (χ4n) is 1.06. The SMILES string of the molecule is COC(=O)CNC(C)c1cccnc1. The minimum atomic E-state index is -0.263. The molecule has 0 aromatic carbocycles. The molecule has 1 heterocycles. The molecule has 0 radical (unpaired) electrons. The Morgan fingerprint density at radius 2 is 2.50 bits per heavy atom. The van der Waals surface area contributed by atoms with E-state index in [-0.39, 0.29) is 18.6 Å². The van der Waals surface area contributed by atoms with E-state index < -0.39 is 0 Å². The molecule has 0 aliphatic carbocycles. The first-order valence-electron chi connectivity index (χ1n) is 4.44. The molecule has 1 rings (SSSR count). The van der Waals surface area contributed by atoms with E-state index in [1.54, 1.807) is 12.4 Å². The molecule has 1 unspecified atom stereocenters. The highest BCUT2D eigenvalue weighted by molar-refractivity contribution is 5.71. The number of hydrogen-bond donors (Lipinski definition) is 1. The zero-order valence-corrected chi connectivity index (χ0v) is 8.36. The summed E-state index contributed by atoms with van der Waals surface area (Å²) in [5, 5.41) is 3.04. The predicted octanol–water partition coefficient (Wildman–Crippen LogP) is 0.905. The molecule has 4 heteroatoms. The number of carbonyl (C=O) groups excluding carboxylic acids is 1. The summed E-state index contributed by atoms with van der Waals surface area (Å²) >= 11 is 0. The van der Waals surface area contributed by atoms with Gasteiger partial charge in [-0.1, -0.05) is 6.07 Å². The van der Waals surface area contributed by atoms with Gasteiger partial charge in [0.2, 0.25) is 0 Å². The first-order valence-corrected chi connectivity index (χ1v) is 4.44. The quantitative estimate of drug-likeness (QED) is 0.724. The van der Waals surface area contributed by atoms with Gasteiger partial charge in [-0.2, -0.15) is 0 Å². The van der Waals surface area contributed by atoms with Crippen molar-refractivity contribution in [2.75, 3.05) is 13.7 Å². The highest BCUT2D eigenvalue weighted by Gasteiger charge is 2.06. The Balaban J connectivity index is 2.43. The minimum Gasteiger partial charge on any atom is -0.468 e. The van der Waals surface area contributed by atoms with E-state index in [1.807, 2.05) is 19.1 Å². The predicted molar refractivity (Wildman–Crippen MR) is 52.7 cm³/mol. The summed E-state index contributed by atoms with van der Waals surface area (Å²) in [6.07, 6.45) is 3.49. The molecule has 76 valence electrons. The van der Waals surface area contributed by atoms with Gasteiger partial charge in [0, 0.05) is 18.4 Å². The van der Waals surface area contributed by atoms with Crippen LogP contribution in [-0.2, 0) is 9.53 Å². The summed E-state index contributed by atoms with van der Waals surface area (Å²) in [7, 11) is 1.37. The van der Waals surface area contributed by atoms with Crippen LogP contribution in [0.2, 0.25) is 0 Å². The Morgan fingerprint density at radius 3 is 3.07 bits per heavy atom. The van der Waals surface area contributed by atoms with Crippen molar-refractivity contribution in [3.05, 3.63) is 30.1 Å². The number of aromatic nitrogens is 1. The van der Waals surface area contributed by atoms with Gasteiger partial charge in [-0.25, -0.2) is 0 Å². The van der Waals surface area contributed by atoms with Gasteiger partial charge in [-0.3, -0.25) is 9.78 Å². The van der Waals surface area contributed by atoms with Gasteiger partial charge in [-0.05, 0) is 18.6 Å². The lowest BCUT2D eigenvalue weighted by Crippen LogP contribution is -2.26. The molecule has 0 saturated carbocycles. The van der Waals surface area contributed by atoms with E-state index >= 15 is 0 Å². The minimum absolute atomic E-state index is 0.0998. The Hall–Kier alpha value is -1.42. The molecule has 1 atom stereocenters. The zero-order chi connectivity index (χ0) is 10.4. The van der Waals surface area contributed by atoms with Crippen LogP contribution in [0.3, 0.4) is 0 Å².